The Morgan fingerprint density at radius 2 is 1.88 bits per heavy atom. The predicted octanol–water partition coefficient (Wildman–Crippen LogP) is 3.01. The number of hydrogen-bond donors (Lipinski definition) is 3. The summed E-state index contributed by atoms with van der Waals surface area (Å²) in [6.07, 6.45) is 0.435. The maximum atomic E-state index is 13.9. The Balaban J connectivity index is 1.93. The van der Waals surface area contributed by atoms with Gasteiger partial charge in [-0.25, -0.2) is 4.39 Å². The summed E-state index contributed by atoms with van der Waals surface area (Å²) in [7, 11) is 3.07. The van der Waals surface area contributed by atoms with Crippen LogP contribution in [0.1, 0.15) is 40.9 Å². The van der Waals surface area contributed by atoms with Crippen molar-refractivity contribution in [3.05, 3.63) is 79.4 Å². The average Bonchev–Trinajstić information content (AvgIpc) is 2.78. The fourth-order valence-electron chi connectivity index (χ4n) is 3.31. The highest BCUT2D eigenvalue weighted by Crippen LogP contribution is 2.33. The third kappa shape index (κ3) is 4.16. The Labute approximate surface area is 183 Å². The second-order valence-corrected chi connectivity index (χ2v) is 7.42. The standard InChI is InChI=1S/C23H21FN4O4/c1-4-16(13-8-12(11-25)9-14(24)10-13)26-18-19(22(31)21(18)30)27-17-7-5-6-15(20(17)29)23(32)28(2)3/h5-10,16,26-27,29H,4H2,1-3H3/t16-/m1/s1. The van der Waals surface area contributed by atoms with Crippen LogP contribution in [0.15, 0.2) is 46.0 Å². The molecule has 32 heavy (non-hydrogen) atoms. The molecule has 0 heterocycles. The van der Waals surface area contributed by atoms with Crippen LogP contribution in [0.25, 0.3) is 0 Å². The van der Waals surface area contributed by atoms with Gasteiger partial charge in [-0.15, -0.1) is 0 Å². The molecule has 3 aromatic rings. The second kappa shape index (κ2) is 8.89. The van der Waals surface area contributed by atoms with E-state index in [1.165, 1.54) is 49.3 Å². The van der Waals surface area contributed by atoms with E-state index in [-0.39, 0.29) is 33.9 Å². The Morgan fingerprint density at radius 1 is 1.19 bits per heavy atom. The largest absolute Gasteiger partial charge is 0.505 e. The van der Waals surface area contributed by atoms with Gasteiger partial charge in [0.2, 0.25) is 0 Å². The Hall–Kier alpha value is -4.19. The van der Waals surface area contributed by atoms with Gasteiger partial charge in [-0.05, 0) is 42.3 Å². The first-order valence-corrected chi connectivity index (χ1v) is 9.79. The van der Waals surface area contributed by atoms with Gasteiger partial charge in [-0.3, -0.25) is 14.4 Å². The molecular weight excluding hydrogens is 415 g/mol. The predicted molar refractivity (Wildman–Crippen MR) is 119 cm³/mol. The molecule has 0 unspecified atom stereocenters. The van der Waals surface area contributed by atoms with E-state index in [2.05, 4.69) is 10.6 Å². The van der Waals surface area contributed by atoms with Gasteiger partial charge in [-0.1, -0.05) is 13.0 Å². The number of amides is 1. The maximum Gasteiger partial charge on any atom is 0.257 e. The zero-order valence-corrected chi connectivity index (χ0v) is 17.7. The van der Waals surface area contributed by atoms with Gasteiger partial charge < -0.3 is 20.6 Å². The summed E-state index contributed by atoms with van der Waals surface area (Å²) in [5.41, 5.74) is -0.948. The third-order valence-corrected chi connectivity index (χ3v) is 5.02. The molecular formula is C23H21FN4O4. The fourth-order valence-corrected chi connectivity index (χ4v) is 3.31. The van der Waals surface area contributed by atoms with Gasteiger partial charge in [0, 0.05) is 14.1 Å². The van der Waals surface area contributed by atoms with Crippen molar-refractivity contribution < 1.29 is 14.3 Å². The number of carbonyl (C=O) groups is 1. The maximum absolute atomic E-state index is 13.9. The normalized spacial score (nSPS) is 11.6. The van der Waals surface area contributed by atoms with Gasteiger partial charge in [0.25, 0.3) is 16.8 Å². The minimum atomic E-state index is -0.789. The zero-order chi connectivity index (χ0) is 23.6. The highest BCUT2D eigenvalue weighted by Gasteiger charge is 2.26. The van der Waals surface area contributed by atoms with Crippen LogP contribution in [0.3, 0.4) is 0 Å². The van der Waals surface area contributed by atoms with Crippen molar-refractivity contribution in [2.75, 3.05) is 24.7 Å². The topological polar surface area (TPSA) is 123 Å². The average molecular weight is 436 g/mol. The lowest BCUT2D eigenvalue weighted by Gasteiger charge is -2.23. The van der Waals surface area contributed by atoms with Gasteiger partial charge in [0.05, 0.1) is 28.9 Å². The third-order valence-electron chi connectivity index (χ3n) is 5.02. The van der Waals surface area contributed by atoms with E-state index in [1.54, 1.807) is 6.92 Å². The summed E-state index contributed by atoms with van der Waals surface area (Å²) in [5, 5.41) is 25.2. The van der Waals surface area contributed by atoms with Gasteiger partial charge in [0.15, 0.2) is 5.75 Å². The van der Waals surface area contributed by atoms with E-state index >= 15 is 0 Å². The molecule has 8 nitrogen and oxygen atoms in total. The minimum Gasteiger partial charge on any atom is -0.505 e. The molecule has 0 bridgehead atoms. The lowest BCUT2D eigenvalue weighted by molar-refractivity contribution is 0.0824. The van der Waals surface area contributed by atoms with Crippen LogP contribution in [0, 0.1) is 17.1 Å². The van der Waals surface area contributed by atoms with Crippen LogP contribution in [0.4, 0.5) is 21.5 Å². The minimum absolute atomic E-state index is 0.0200. The van der Waals surface area contributed by atoms with Gasteiger partial charge >= 0.3 is 0 Å². The number of nitrogens with zero attached hydrogens (tertiary/aromatic N) is 2. The molecule has 0 aliphatic heterocycles. The Kier molecular flexibility index (Phi) is 6.25. The lowest BCUT2D eigenvalue weighted by Crippen LogP contribution is -2.37. The molecule has 0 saturated carbocycles. The number of nitrogens with one attached hydrogen (secondary N) is 2. The number of carbonyl (C=O) groups excluding carboxylic acids is 1. The quantitative estimate of drug-likeness (QED) is 0.384. The van der Waals surface area contributed by atoms with Crippen molar-refractivity contribution >= 4 is 23.0 Å². The number of hydrogen-bond acceptors (Lipinski definition) is 7. The van der Waals surface area contributed by atoms with Crippen molar-refractivity contribution in [1.29, 1.82) is 5.26 Å². The smallest absolute Gasteiger partial charge is 0.257 e. The van der Waals surface area contributed by atoms with Crippen molar-refractivity contribution in [1.82, 2.24) is 4.90 Å². The first-order valence-electron chi connectivity index (χ1n) is 9.79. The van der Waals surface area contributed by atoms with E-state index in [9.17, 15) is 23.9 Å². The summed E-state index contributed by atoms with van der Waals surface area (Å²) in [5.74, 6) is -1.38. The van der Waals surface area contributed by atoms with E-state index in [0.717, 1.165) is 6.07 Å². The van der Waals surface area contributed by atoms with Crippen molar-refractivity contribution in [3.63, 3.8) is 0 Å². The van der Waals surface area contributed by atoms with Crippen LogP contribution < -0.4 is 21.5 Å². The van der Waals surface area contributed by atoms with Crippen LogP contribution in [-0.4, -0.2) is 30.0 Å². The molecule has 9 heteroatoms. The number of para-hydroxylation sites is 1. The molecule has 3 rings (SSSR count). The molecule has 3 N–H and O–H groups in total. The summed E-state index contributed by atoms with van der Waals surface area (Å²) in [4.78, 5) is 38.0. The zero-order valence-electron chi connectivity index (χ0n) is 17.7. The van der Waals surface area contributed by atoms with E-state index in [4.69, 9.17) is 5.26 Å². The number of aromatic hydroxyl groups is 1. The highest BCUT2D eigenvalue weighted by atomic mass is 19.1. The molecule has 0 spiro atoms. The summed E-state index contributed by atoms with van der Waals surface area (Å²) < 4.78 is 13.9. The monoisotopic (exact) mass is 436 g/mol. The lowest BCUT2D eigenvalue weighted by atomic mass is 10.0. The molecule has 0 aromatic heterocycles. The second-order valence-electron chi connectivity index (χ2n) is 7.42. The highest BCUT2D eigenvalue weighted by molar-refractivity contribution is 5.99. The number of phenols is 1. The van der Waals surface area contributed by atoms with E-state index in [0.29, 0.717) is 12.0 Å². The van der Waals surface area contributed by atoms with E-state index in [1.807, 2.05) is 6.07 Å². The Bertz CT molecular complexity index is 1300. The molecule has 164 valence electrons. The number of rotatable bonds is 7. The van der Waals surface area contributed by atoms with Crippen molar-refractivity contribution in [3.8, 4) is 11.8 Å². The molecule has 0 radical (unpaired) electrons. The number of nitriles is 1. The molecule has 1 atom stereocenters. The van der Waals surface area contributed by atoms with Crippen LogP contribution in [0.2, 0.25) is 0 Å². The van der Waals surface area contributed by atoms with E-state index < -0.39 is 28.6 Å². The molecule has 3 aromatic carbocycles. The van der Waals surface area contributed by atoms with Crippen LogP contribution in [-0.2, 0) is 0 Å². The van der Waals surface area contributed by atoms with Crippen molar-refractivity contribution in [2.24, 2.45) is 0 Å². The van der Waals surface area contributed by atoms with Crippen LogP contribution in [0.5, 0.6) is 5.75 Å². The summed E-state index contributed by atoms with van der Waals surface area (Å²) in [6, 6.07) is 9.63. The van der Waals surface area contributed by atoms with Crippen LogP contribution >= 0.6 is 0 Å². The number of benzene rings is 2. The molecule has 0 fully saturated rings. The SMILES string of the molecule is CC[C@@H](Nc1c(Nc2cccc(C(=O)N(C)C)c2O)c(=O)c1=O)c1cc(F)cc(C#N)c1. The number of phenolic OH excluding ortho intramolecular Hbond substituents is 1. The molecule has 0 aliphatic carbocycles. The van der Waals surface area contributed by atoms with Gasteiger partial charge in [0.1, 0.15) is 17.2 Å². The molecule has 0 saturated heterocycles. The fraction of sp³-hybridized carbons (Fsp3) is 0.217. The Morgan fingerprint density at radius 3 is 2.50 bits per heavy atom. The van der Waals surface area contributed by atoms with Crippen molar-refractivity contribution in [2.45, 2.75) is 19.4 Å². The number of halogens is 1. The summed E-state index contributed by atoms with van der Waals surface area (Å²) >= 11 is 0. The summed E-state index contributed by atoms with van der Waals surface area (Å²) in [6.45, 7) is 1.80. The van der Waals surface area contributed by atoms with Gasteiger partial charge in [-0.2, -0.15) is 5.26 Å². The molecule has 1 amide bonds. The first kappa shape index (κ1) is 22.5. The molecule has 0 aliphatic rings. The number of anilines is 3. The first-order chi connectivity index (χ1) is 15.2.